The fourth-order valence-electron chi connectivity index (χ4n) is 2.45. The SMILES string of the molecule is Cn1cc(CNCCOc2ccccn2)c2ccccc21. The lowest BCUT2D eigenvalue weighted by atomic mass is 10.2. The van der Waals surface area contributed by atoms with E-state index in [1.54, 1.807) is 6.20 Å². The van der Waals surface area contributed by atoms with Crippen LogP contribution in [0.3, 0.4) is 0 Å². The third-order valence-corrected chi connectivity index (χ3v) is 3.46. The monoisotopic (exact) mass is 281 g/mol. The van der Waals surface area contributed by atoms with Crippen LogP contribution in [0.15, 0.2) is 54.9 Å². The highest BCUT2D eigenvalue weighted by Crippen LogP contribution is 2.19. The van der Waals surface area contributed by atoms with Crippen LogP contribution in [0.5, 0.6) is 5.88 Å². The van der Waals surface area contributed by atoms with Gasteiger partial charge in [0.2, 0.25) is 5.88 Å². The third-order valence-electron chi connectivity index (χ3n) is 3.46. The second kappa shape index (κ2) is 6.41. The molecule has 1 N–H and O–H groups in total. The summed E-state index contributed by atoms with van der Waals surface area (Å²) in [5.74, 6) is 0.671. The molecule has 0 fully saturated rings. The van der Waals surface area contributed by atoms with Crippen LogP contribution in [0, 0.1) is 0 Å². The van der Waals surface area contributed by atoms with Crippen molar-refractivity contribution in [1.29, 1.82) is 0 Å². The summed E-state index contributed by atoms with van der Waals surface area (Å²) in [6.07, 6.45) is 3.91. The van der Waals surface area contributed by atoms with Gasteiger partial charge in [0.25, 0.3) is 0 Å². The maximum absolute atomic E-state index is 5.56. The minimum Gasteiger partial charge on any atom is -0.476 e. The fraction of sp³-hybridized carbons (Fsp3) is 0.235. The van der Waals surface area contributed by atoms with Gasteiger partial charge in [-0.3, -0.25) is 0 Å². The predicted molar refractivity (Wildman–Crippen MR) is 84.4 cm³/mol. The number of nitrogens with one attached hydrogen (secondary N) is 1. The average Bonchev–Trinajstić information content (AvgIpc) is 2.85. The van der Waals surface area contributed by atoms with Crippen LogP contribution in [0.2, 0.25) is 0 Å². The van der Waals surface area contributed by atoms with E-state index in [1.165, 1.54) is 16.5 Å². The molecule has 3 rings (SSSR count). The van der Waals surface area contributed by atoms with Crippen molar-refractivity contribution in [3.05, 3.63) is 60.4 Å². The molecule has 2 heterocycles. The lowest BCUT2D eigenvalue weighted by molar-refractivity contribution is 0.302. The number of ether oxygens (including phenoxy) is 1. The van der Waals surface area contributed by atoms with Crippen molar-refractivity contribution in [2.24, 2.45) is 7.05 Å². The van der Waals surface area contributed by atoms with E-state index in [2.05, 4.69) is 52.4 Å². The zero-order chi connectivity index (χ0) is 14.5. The highest BCUT2D eigenvalue weighted by Gasteiger charge is 2.04. The van der Waals surface area contributed by atoms with E-state index in [0.29, 0.717) is 12.5 Å². The van der Waals surface area contributed by atoms with Crippen LogP contribution >= 0.6 is 0 Å². The number of hydrogen-bond donors (Lipinski definition) is 1. The topological polar surface area (TPSA) is 39.1 Å². The summed E-state index contributed by atoms with van der Waals surface area (Å²) in [6, 6.07) is 14.1. The van der Waals surface area contributed by atoms with Crippen LogP contribution in [-0.2, 0) is 13.6 Å². The highest BCUT2D eigenvalue weighted by molar-refractivity contribution is 5.83. The van der Waals surface area contributed by atoms with E-state index in [4.69, 9.17) is 4.74 Å². The Morgan fingerprint density at radius 1 is 1.14 bits per heavy atom. The Morgan fingerprint density at radius 2 is 2.00 bits per heavy atom. The lowest BCUT2D eigenvalue weighted by Crippen LogP contribution is -2.20. The van der Waals surface area contributed by atoms with Crippen molar-refractivity contribution < 1.29 is 4.74 Å². The average molecular weight is 281 g/mol. The number of para-hydroxylation sites is 1. The number of fused-ring (bicyclic) bond motifs is 1. The Balaban J connectivity index is 1.51. The normalized spacial score (nSPS) is 10.9. The van der Waals surface area contributed by atoms with Gasteiger partial charge in [-0.15, -0.1) is 0 Å². The number of aryl methyl sites for hydroxylation is 1. The van der Waals surface area contributed by atoms with Crippen LogP contribution in [-0.4, -0.2) is 22.7 Å². The Labute approximate surface area is 124 Å². The van der Waals surface area contributed by atoms with Crippen molar-refractivity contribution in [2.45, 2.75) is 6.54 Å². The molecule has 0 bridgehead atoms. The number of aromatic nitrogens is 2. The summed E-state index contributed by atoms with van der Waals surface area (Å²) in [5, 5.41) is 4.72. The first kappa shape index (κ1) is 13.6. The minimum atomic E-state index is 0.613. The standard InChI is InChI=1S/C17H19N3O/c1-20-13-14(15-6-2-3-7-16(15)20)12-18-10-11-21-17-8-4-5-9-19-17/h2-9,13,18H,10-12H2,1H3. The molecule has 4 heteroatoms. The largest absolute Gasteiger partial charge is 0.476 e. The van der Waals surface area contributed by atoms with Gasteiger partial charge in [0.15, 0.2) is 0 Å². The van der Waals surface area contributed by atoms with Crippen molar-refractivity contribution in [1.82, 2.24) is 14.9 Å². The molecule has 0 amide bonds. The predicted octanol–water partition coefficient (Wildman–Crippen LogP) is 2.74. The van der Waals surface area contributed by atoms with Crippen molar-refractivity contribution >= 4 is 10.9 Å². The molecule has 4 nitrogen and oxygen atoms in total. The third kappa shape index (κ3) is 3.23. The molecule has 1 aromatic carbocycles. The van der Waals surface area contributed by atoms with E-state index >= 15 is 0 Å². The van der Waals surface area contributed by atoms with Gasteiger partial charge < -0.3 is 14.6 Å². The molecule has 0 saturated carbocycles. The van der Waals surface area contributed by atoms with Gasteiger partial charge >= 0.3 is 0 Å². The van der Waals surface area contributed by atoms with Crippen molar-refractivity contribution in [2.75, 3.05) is 13.2 Å². The van der Waals surface area contributed by atoms with E-state index < -0.39 is 0 Å². The molecule has 0 aliphatic heterocycles. The molecule has 0 unspecified atom stereocenters. The smallest absolute Gasteiger partial charge is 0.213 e. The summed E-state index contributed by atoms with van der Waals surface area (Å²) in [4.78, 5) is 4.13. The highest BCUT2D eigenvalue weighted by atomic mass is 16.5. The molecule has 0 aliphatic rings. The molecular formula is C17H19N3O. The number of benzene rings is 1. The lowest BCUT2D eigenvalue weighted by Gasteiger charge is -2.06. The molecule has 3 aromatic rings. The summed E-state index contributed by atoms with van der Waals surface area (Å²) in [6.45, 7) is 2.24. The van der Waals surface area contributed by atoms with Gasteiger partial charge in [0.05, 0.1) is 0 Å². The Kier molecular flexibility index (Phi) is 4.17. The molecule has 0 radical (unpaired) electrons. The van der Waals surface area contributed by atoms with Gasteiger partial charge in [0, 0.05) is 49.5 Å². The first-order chi connectivity index (χ1) is 10.3. The van der Waals surface area contributed by atoms with Gasteiger partial charge in [-0.05, 0) is 17.7 Å². The van der Waals surface area contributed by atoms with Crippen molar-refractivity contribution in [3.8, 4) is 5.88 Å². The maximum atomic E-state index is 5.56. The maximum Gasteiger partial charge on any atom is 0.213 e. The molecular weight excluding hydrogens is 262 g/mol. The Bertz CT molecular complexity index is 706. The van der Waals surface area contributed by atoms with Gasteiger partial charge in [-0.25, -0.2) is 4.98 Å². The molecule has 0 aliphatic carbocycles. The van der Waals surface area contributed by atoms with Gasteiger partial charge in [-0.2, -0.15) is 0 Å². The molecule has 0 saturated heterocycles. The minimum absolute atomic E-state index is 0.613. The number of rotatable bonds is 6. The van der Waals surface area contributed by atoms with Crippen LogP contribution in [0.25, 0.3) is 10.9 Å². The van der Waals surface area contributed by atoms with E-state index in [0.717, 1.165) is 13.1 Å². The molecule has 0 atom stereocenters. The number of nitrogens with zero attached hydrogens (tertiary/aromatic N) is 2. The van der Waals surface area contributed by atoms with Crippen molar-refractivity contribution in [3.63, 3.8) is 0 Å². The molecule has 0 spiro atoms. The van der Waals surface area contributed by atoms with Crippen LogP contribution in [0.4, 0.5) is 0 Å². The Morgan fingerprint density at radius 3 is 2.86 bits per heavy atom. The Hall–Kier alpha value is -2.33. The fourth-order valence-corrected chi connectivity index (χ4v) is 2.45. The van der Waals surface area contributed by atoms with E-state index in [1.807, 2.05) is 18.2 Å². The second-order valence-electron chi connectivity index (χ2n) is 4.98. The van der Waals surface area contributed by atoms with Crippen LogP contribution in [0.1, 0.15) is 5.56 Å². The van der Waals surface area contributed by atoms with Gasteiger partial charge in [-0.1, -0.05) is 24.3 Å². The zero-order valence-corrected chi connectivity index (χ0v) is 12.1. The number of pyridine rings is 1. The van der Waals surface area contributed by atoms with E-state index in [9.17, 15) is 0 Å². The van der Waals surface area contributed by atoms with E-state index in [-0.39, 0.29) is 0 Å². The first-order valence-corrected chi connectivity index (χ1v) is 7.12. The van der Waals surface area contributed by atoms with Crippen LogP contribution < -0.4 is 10.1 Å². The summed E-state index contributed by atoms with van der Waals surface area (Å²) >= 11 is 0. The molecule has 108 valence electrons. The molecule has 21 heavy (non-hydrogen) atoms. The van der Waals surface area contributed by atoms with Gasteiger partial charge in [0.1, 0.15) is 6.61 Å². The second-order valence-corrected chi connectivity index (χ2v) is 4.98. The summed E-state index contributed by atoms with van der Waals surface area (Å²) in [5.41, 5.74) is 2.57. The molecule has 2 aromatic heterocycles. The number of hydrogen-bond acceptors (Lipinski definition) is 3. The zero-order valence-electron chi connectivity index (χ0n) is 12.1. The first-order valence-electron chi connectivity index (χ1n) is 7.12. The summed E-state index contributed by atoms with van der Waals surface area (Å²) in [7, 11) is 2.08. The quantitative estimate of drug-likeness (QED) is 0.706. The summed E-state index contributed by atoms with van der Waals surface area (Å²) < 4.78 is 7.72.